The van der Waals surface area contributed by atoms with Gasteiger partial charge in [0.25, 0.3) is 0 Å². The molecular formula is C18H16ClN5OS3. The molecule has 0 fully saturated rings. The molecule has 28 heavy (non-hydrogen) atoms. The first-order chi connectivity index (χ1) is 13.6. The van der Waals surface area contributed by atoms with Crippen molar-refractivity contribution in [1.82, 2.24) is 19.6 Å². The van der Waals surface area contributed by atoms with Crippen LogP contribution in [0.3, 0.4) is 0 Å². The van der Waals surface area contributed by atoms with Crippen LogP contribution in [-0.2, 0) is 11.2 Å². The number of anilines is 1. The zero-order chi connectivity index (χ0) is 19.5. The molecule has 0 radical (unpaired) electrons. The van der Waals surface area contributed by atoms with E-state index >= 15 is 0 Å². The molecule has 1 aromatic carbocycles. The molecule has 0 unspecified atom stereocenters. The summed E-state index contributed by atoms with van der Waals surface area (Å²) in [7, 11) is 0. The lowest BCUT2D eigenvalue weighted by Crippen LogP contribution is -2.12. The van der Waals surface area contributed by atoms with Crippen molar-refractivity contribution in [2.24, 2.45) is 0 Å². The van der Waals surface area contributed by atoms with Crippen molar-refractivity contribution in [3.8, 4) is 11.3 Å². The lowest BCUT2D eigenvalue weighted by molar-refractivity contribution is -0.116. The van der Waals surface area contributed by atoms with Crippen molar-refractivity contribution in [2.75, 3.05) is 11.1 Å². The van der Waals surface area contributed by atoms with E-state index in [4.69, 9.17) is 11.6 Å². The number of hydrogen-bond donors (Lipinski definition) is 1. The first-order valence-electron chi connectivity index (χ1n) is 8.60. The number of carbonyl (C=O) groups is 1. The number of rotatable bonds is 7. The number of halogens is 1. The van der Waals surface area contributed by atoms with Crippen molar-refractivity contribution in [3.05, 3.63) is 46.6 Å². The van der Waals surface area contributed by atoms with E-state index in [1.165, 1.54) is 11.3 Å². The van der Waals surface area contributed by atoms with Crippen LogP contribution in [-0.4, -0.2) is 31.2 Å². The van der Waals surface area contributed by atoms with E-state index in [1.54, 1.807) is 23.1 Å². The second kappa shape index (κ2) is 8.60. The fourth-order valence-corrected chi connectivity index (χ4v) is 5.33. The van der Waals surface area contributed by atoms with E-state index in [2.05, 4.69) is 27.4 Å². The van der Waals surface area contributed by atoms with Crippen molar-refractivity contribution in [3.63, 3.8) is 0 Å². The highest BCUT2D eigenvalue weighted by Gasteiger charge is 2.13. The van der Waals surface area contributed by atoms with E-state index in [0.29, 0.717) is 23.0 Å². The molecule has 1 N–H and O–H groups in total. The SMILES string of the molecule is CCSc1nnc(NC(=O)CCc2csc3nc(-c4ccc(Cl)cc4)cn23)s1. The van der Waals surface area contributed by atoms with Gasteiger partial charge in [0.15, 0.2) is 9.30 Å². The second-order valence-corrected chi connectivity index (χ2v) is 9.63. The summed E-state index contributed by atoms with van der Waals surface area (Å²) in [5, 5.41) is 14.2. The Bertz CT molecular complexity index is 1100. The highest BCUT2D eigenvalue weighted by atomic mass is 35.5. The van der Waals surface area contributed by atoms with Gasteiger partial charge < -0.3 is 5.32 Å². The van der Waals surface area contributed by atoms with Gasteiger partial charge in [0.05, 0.1) is 5.69 Å². The normalized spacial score (nSPS) is 11.2. The Hall–Kier alpha value is -1.94. The summed E-state index contributed by atoms with van der Waals surface area (Å²) in [6, 6.07) is 7.62. The Labute approximate surface area is 179 Å². The van der Waals surface area contributed by atoms with Gasteiger partial charge in [-0.1, -0.05) is 53.8 Å². The second-order valence-electron chi connectivity index (χ2n) is 5.87. The first-order valence-corrected chi connectivity index (χ1v) is 11.7. The standard InChI is InChI=1S/C18H16ClN5OS3/c1-2-26-18-23-22-16(28-18)21-15(25)8-7-13-10-27-17-20-14(9-24(13)17)11-3-5-12(19)6-4-11/h3-6,9-10H,2,7-8H2,1H3,(H,21,22,25). The van der Waals surface area contributed by atoms with Crippen molar-refractivity contribution in [2.45, 2.75) is 24.1 Å². The number of aryl methyl sites for hydroxylation is 1. The van der Waals surface area contributed by atoms with Crippen LogP contribution < -0.4 is 5.32 Å². The molecular weight excluding hydrogens is 434 g/mol. The zero-order valence-corrected chi connectivity index (χ0v) is 18.1. The molecule has 0 bridgehead atoms. The number of aromatic nitrogens is 4. The Kier molecular flexibility index (Phi) is 5.96. The van der Waals surface area contributed by atoms with Crippen LogP contribution in [0.5, 0.6) is 0 Å². The van der Waals surface area contributed by atoms with Gasteiger partial charge in [-0.2, -0.15) is 0 Å². The summed E-state index contributed by atoms with van der Waals surface area (Å²) < 4.78 is 2.91. The minimum Gasteiger partial charge on any atom is -0.300 e. The average Bonchev–Trinajstić information content (AvgIpc) is 3.37. The zero-order valence-electron chi connectivity index (χ0n) is 14.9. The molecule has 3 aromatic heterocycles. The molecule has 4 aromatic rings. The summed E-state index contributed by atoms with van der Waals surface area (Å²) in [4.78, 5) is 17.8. The van der Waals surface area contributed by atoms with Gasteiger partial charge in [-0.25, -0.2) is 4.98 Å². The van der Waals surface area contributed by atoms with Crippen LogP contribution in [0.25, 0.3) is 16.2 Å². The van der Waals surface area contributed by atoms with Crippen LogP contribution in [0.15, 0.2) is 40.2 Å². The highest BCUT2D eigenvalue weighted by molar-refractivity contribution is 8.01. The number of fused-ring (bicyclic) bond motifs is 1. The van der Waals surface area contributed by atoms with Crippen molar-refractivity contribution >= 4 is 62.0 Å². The quantitative estimate of drug-likeness (QED) is 0.308. The van der Waals surface area contributed by atoms with Crippen molar-refractivity contribution in [1.29, 1.82) is 0 Å². The maximum absolute atomic E-state index is 12.3. The van der Waals surface area contributed by atoms with Crippen LogP contribution in [0, 0.1) is 0 Å². The van der Waals surface area contributed by atoms with Gasteiger partial charge in [0, 0.05) is 34.3 Å². The maximum Gasteiger partial charge on any atom is 0.226 e. The molecule has 0 aliphatic rings. The number of carbonyl (C=O) groups excluding carboxylic acids is 1. The largest absolute Gasteiger partial charge is 0.300 e. The predicted octanol–water partition coefficient (Wildman–Crippen LogP) is 5.25. The number of thiazole rings is 1. The lowest BCUT2D eigenvalue weighted by atomic mass is 10.2. The number of amides is 1. The minimum absolute atomic E-state index is 0.0680. The molecule has 6 nitrogen and oxygen atoms in total. The molecule has 0 atom stereocenters. The molecule has 0 aliphatic carbocycles. The van der Waals surface area contributed by atoms with E-state index in [9.17, 15) is 4.79 Å². The Morgan fingerprint density at radius 1 is 1.29 bits per heavy atom. The number of imidazole rings is 1. The third kappa shape index (κ3) is 4.38. The predicted molar refractivity (Wildman–Crippen MR) is 117 cm³/mol. The van der Waals surface area contributed by atoms with Crippen LogP contribution >= 0.6 is 46.0 Å². The molecule has 144 valence electrons. The molecule has 0 saturated heterocycles. The highest BCUT2D eigenvalue weighted by Crippen LogP contribution is 2.26. The number of nitrogens with zero attached hydrogens (tertiary/aromatic N) is 4. The third-order valence-corrected chi connectivity index (χ3v) is 6.95. The first kappa shape index (κ1) is 19.4. The Balaban J connectivity index is 1.41. The van der Waals surface area contributed by atoms with E-state index in [-0.39, 0.29) is 5.91 Å². The number of nitrogens with one attached hydrogen (secondary N) is 1. The minimum atomic E-state index is -0.0680. The molecule has 0 spiro atoms. The molecule has 0 aliphatic heterocycles. The molecule has 3 heterocycles. The molecule has 10 heteroatoms. The molecule has 4 rings (SSSR count). The summed E-state index contributed by atoms with van der Waals surface area (Å²) in [6.45, 7) is 2.06. The van der Waals surface area contributed by atoms with E-state index < -0.39 is 0 Å². The van der Waals surface area contributed by atoms with E-state index in [0.717, 1.165) is 32.0 Å². The molecule has 0 saturated carbocycles. The fourth-order valence-electron chi connectivity index (χ4n) is 2.63. The summed E-state index contributed by atoms with van der Waals surface area (Å²) in [5.74, 6) is 0.862. The Morgan fingerprint density at radius 3 is 2.89 bits per heavy atom. The van der Waals surface area contributed by atoms with Gasteiger partial charge in [-0.15, -0.1) is 21.5 Å². The number of thioether (sulfide) groups is 1. The summed E-state index contributed by atoms with van der Waals surface area (Å²) >= 11 is 10.5. The van der Waals surface area contributed by atoms with Crippen LogP contribution in [0.2, 0.25) is 5.02 Å². The Morgan fingerprint density at radius 2 is 2.11 bits per heavy atom. The fraction of sp³-hybridized carbons (Fsp3) is 0.222. The molecule has 1 amide bonds. The monoisotopic (exact) mass is 449 g/mol. The number of benzene rings is 1. The smallest absolute Gasteiger partial charge is 0.226 e. The van der Waals surface area contributed by atoms with Gasteiger partial charge >= 0.3 is 0 Å². The summed E-state index contributed by atoms with van der Waals surface area (Å²) in [5.41, 5.74) is 2.97. The van der Waals surface area contributed by atoms with Gasteiger partial charge in [-0.05, 0) is 24.3 Å². The third-order valence-electron chi connectivity index (χ3n) is 3.95. The summed E-state index contributed by atoms with van der Waals surface area (Å²) in [6.07, 6.45) is 3.00. The number of hydrogen-bond acceptors (Lipinski definition) is 7. The van der Waals surface area contributed by atoms with Gasteiger partial charge in [0.1, 0.15) is 0 Å². The van der Waals surface area contributed by atoms with Crippen molar-refractivity contribution < 1.29 is 4.79 Å². The maximum atomic E-state index is 12.3. The van der Waals surface area contributed by atoms with Gasteiger partial charge in [-0.3, -0.25) is 9.20 Å². The van der Waals surface area contributed by atoms with Crippen LogP contribution in [0.4, 0.5) is 5.13 Å². The van der Waals surface area contributed by atoms with E-state index in [1.807, 2.05) is 40.2 Å². The average molecular weight is 450 g/mol. The lowest BCUT2D eigenvalue weighted by Gasteiger charge is -2.01. The van der Waals surface area contributed by atoms with Crippen LogP contribution in [0.1, 0.15) is 19.0 Å². The topological polar surface area (TPSA) is 72.2 Å². The van der Waals surface area contributed by atoms with Gasteiger partial charge in [0.2, 0.25) is 11.0 Å².